The molecule has 2 N–H and O–H groups in total. The van der Waals surface area contributed by atoms with Gasteiger partial charge >= 0.3 is 5.97 Å². The van der Waals surface area contributed by atoms with Gasteiger partial charge in [0.05, 0.1) is 17.8 Å². The van der Waals surface area contributed by atoms with Gasteiger partial charge < -0.3 is 15.2 Å². The van der Waals surface area contributed by atoms with Gasteiger partial charge in [0.15, 0.2) is 11.9 Å². The molecule has 1 unspecified atom stereocenters. The molecule has 92 valence electrons. The van der Waals surface area contributed by atoms with Crippen molar-refractivity contribution in [2.45, 2.75) is 13.0 Å². The summed E-state index contributed by atoms with van der Waals surface area (Å²) in [6.45, 7) is 1.51. The summed E-state index contributed by atoms with van der Waals surface area (Å²) < 4.78 is 9.79. The number of carbonyl (C=O) groups is 2. The molecule has 0 aliphatic heterocycles. The quantitative estimate of drug-likeness (QED) is 0.504. The molecule has 0 aromatic heterocycles. The molecule has 5 nitrogen and oxygen atoms in total. The summed E-state index contributed by atoms with van der Waals surface area (Å²) in [5, 5.41) is 0.169. The summed E-state index contributed by atoms with van der Waals surface area (Å²) in [5.74, 6) is -0.380. The molecule has 0 saturated carbocycles. The number of methoxy groups -OCH3 is 1. The fourth-order valence-corrected chi connectivity index (χ4v) is 1.50. The Hall–Kier alpha value is -1.75. The maximum absolute atomic E-state index is 11.2. The zero-order valence-electron chi connectivity index (χ0n) is 9.40. The average molecular weight is 258 g/mol. The molecule has 1 aromatic carbocycles. The van der Waals surface area contributed by atoms with Crippen molar-refractivity contribution >= 4 is 29.5 Å². The van der Waals surface area contributed by atoms with E-state index in [1.807, 2.05) is 0 Å². The second-order valence-corrected chi connectivity index (χ2v) is 3.73. The number of benzene rings is 1. The molecule has 1 aromatic rings. The fourth-order valence-electron chi connectivity index (χ4n) is 1.22. The summed E-state index contributed by atoms with van der Waals surface area (Å²) in [6.07, 6.45) is -0.211. The highest BCUT2D eigenvalue weighted by Gasteiger charge is 2.18. The van der Waals surface area contributed by atoms with E-state index in [0.29, 0.717) is 11.8 Å². The van der Waals surface area contributed by atoms with E-state index in [4.69, 9.17) is 22.1 Å². The van der Waals surface area contributed by atoms with E-state index in [1.54, 1.807) is 0 Å². The molecule has 1 rings (SSSR count). The Morgan fingerprint density at radius 2 is 2.18 bits per heavy atom. The molecule has 0 amide bonds. The van der Waals surface area contributed by atoms with Gasteiger partial charge in [-0.15, -0.1) is 0 Å². The first-order valence-electron chi connectivity index (χ1n) is 4.78. The second kappa shape index (κ2) is 5.54. The molecule has 0 fully saturated rings. The van der Waals surface area contributed by atoms with Gasteiger partial charge in [0, 0.05) is 5.56 Å². The number of hydrogen-bond acceptors (Lipinski definition) is 5. The van der Waals surface area contributed by atoms with Crippen LogP contribution in [-0.4, -0.2) is 25.5 Å². The Labute approximate surface area is 103 Å². The van der Waals surface area contributed by atoms with Crippen LogP contribution in [0.4, 0.5) is 5.69 Å². The largest absolute Gasteiger partial charge is 0.475 e. The van der Waals surface area contributed by atoms with Crippen molar-refractivity contribution in [2.75, 3.05) is 12.8 Å². The molecule has 0 heterocycles. The Morgan fingerprint density at radius 1 is 1.53 bits per heavy atom. The van der Waals surface area contributed by atoms with Gasteiger partial charge in [0.2, 0.25) is 0 Å². The van der Waals surface area contributed by atoms with Crippen molar-refractivity contribution in [2.24, 2.45) is 0 Å². The zero-order chi connectivity index (χ0) is 13.0. The maximum atomic E-state index is 11.2. The molecule has 0 aliphatic rings. The van der Waals surface area contributed by atoms with Crippen molar-refractivity contribution in [3.8, 4) is 5.75 Å². The number of anilines is 1. The standard InChI is InChI=1S/C11H12ClNO4/c1-6(11(15)16-2)17-10-8(12)3-7(5-14)4-9(10)13/h3-6H,13H2,1-2H3. The van der Waals surface area contributed by atoms with Gasteiger partial charge in [-0.25, -0.2) is 4.79 Å². The number of nitrogen functional groups attached to an aromatic ring is 1. The predicted molar refractivity (Wildman–Crippen MR) is 63.4 cm³/mol. The highest BCUT2D eigenvalue weighted by molar-refractivity contribution is 6.32. The maximum Gasteiger partial charge on any atom is 0.346 e. The first-order chi connectivity index (χ1) is 7.99. The van der Waals surface area contributed by atoms with Crippen LogP contribution in [0.2, 0.25) is 5.02 Å². The van der Waals surface area contributed by atoms with Crippen LogP contribution in [0.3, 0.4) is 0 Å². The van der Waals surface area contributed by atoms with E-state index in [2.05, 4.69) is 4.74 Å². The highest BCUT2D eigenvalue weighted by Crippen LogP contribution is 2.33. The van der Waals surface area contributed by atoms with Gasteiger partial charge in [0.1, 0.15) is 6.29 Å². The summed E-state index contributed by atoms with van der Waals surface area (Å²) >= 11 is 5.89. The van der Waals surface area contributed by atoms with Crippen LogP contribution in [0, 0.1) is 0 Å². The Kier molecular flexibility index (Phi) is 4.34. The van der Waals surface area contributed by atoms with Gasteiger partial charge in [-0.2, -0.15) is 0 Å². The lowest BCUT2D eigenvalue weighted by atomic mass is 10.2. The summed E-state index contributed by atoms with van der Waals surface area (Å²) in [7, 11) is 1.25. The van der Waals surface area contributed by atoms with Crippen LogP contribution in [0.5, 0.6) is 5.75 Å². The summed E-state index contributed by atoms with van der Waals surface area (Å²) in [4.78, 5) is 21.7. The zero-order valence-corrected chi connectivity index (χ0v) is 10.2. The Bertz CT molecular complexity index is 424. The first kappa shape index (κ1) is 13.3. The summed E-state index contributed by atoms with van der Waals surface area (Å²) in [5.41, 5.74) is 6.20. The van der Waals surface area contributed by atoms with E-state index in [9.17, 15) is 9.59 Å². The summed E-state index contributed by atoms with van der Waals surface area (Å²) in [6, 6.07) is 2.82. The number of halogens is 1. The molecule has 1 atom stereocenters. The molecule has 0 radical (unpaired) electrons. The SMILES string of the molecule is COC(=O)C(C)Oc1c(N)cc(C=O)cc1Cl. The lowest BCUT2D eigenvalue weighted by Crippen LogP contribution is -2.25. The minimum absolute atomic E-state index is 0.162. The highest BCUT2D eigenvalue weighted by atomic mass is 35.5. The lowest BCUT2D eigenvalue weighted by molar-refractivity contribution is -0.147. The molecule has 0 bridgehead atoms. The molecule has 0 saturated heterocycles. The van der Waals surface area contributed by atoms with Crippen molar-refractivity contribution in [1.29, 1.82) is 0 Å². The third-order valence-corrected chi connectivity index (χ3v) is 2.34. The monoisotopic (exact) mass is 257 g/mol. The van der Waals surface area contributed by atoms with E-state index >= 15 is 0 Å². The van der Waals surface area contributed by atoms with E-state index in [1.165, 1.54) is 26.2 Å². The number of esters is 1. The van der Waals surface area contributed by atoms with Crippen LogP contribution in [0.25, 0.3) is 0 Å². The third kappa shape index (κ3) is 3.10. The van der Waals surface area contributed by atoms with Gasteiger partial charge in [-0.1, -0.05) is 11.6 Å². The minimum atomic E-state index is -0.832. The molecular formula is C11H12ClNO4. The second-order valence-electron chi connectivity index (χ2n) is 3.32. The minimum Gasteiger partial charge on any atom is -0.475 e. The van der Waals surface area contributed by atoms with Gasteiger partial charge in [-0.05, 0) is 19.1 Å². The number of aldehydes is 1. The van der Waals surface area contributed by atoms with Crippen LogP contribution in [-0.2, 0) is 9.53 Å². The van der Waals surface area contributed by atoms with Crippen molar-refractivity contribution in [3.63, 3.8) is 0 Å². The van der Waals surface area contributed by atoms with E-state index in [0.717, 1.165) is 0 Å². The normalized spacial score (nSPS) is 11.7. The van der Waals surface area contributed by atoms with Crippen LogP contribution >= 0.6 is 11.6 Å². The lowest BCUT2D eigenvalue weighted by Gasteiger charge is -2.15. The predicted octanol–water partition coefficient (Wildman–Crippen LogP) is 1.68. The molecule has 0 aliphatic carbocycles. The van der Waals surface area contributed by atoms with Crippen molar-refractivity contribution in [3.05, 3.63) is 22.7 Å². The Balaban J connectivity index is 2.99. The number of nitrogens with two attached hydrogens (primary N) is 1. The smallest absolute Gasteiger partial charge is 0.346 e. The number of hydrogen-bond donors (Lipinski definition) is 1. The average Bonchev–Trinajstić information content (AvgIpc) is 2.31. The number of rotatable bonds is 4. The first-order valence-corrected chi connectivity index (χ1v) is 5.16. The van der Waals surface area contributed by atoms with Gasteiger partial charge in [-0.3, -0.25) is 4.79 Å². The molecule has 6 heteroatoms. The van der Waals surface area contributed by atoms with Crippen LogP contribution < -0.4 is 10.5 Å². The topological polar surface area (TPSA) is 78.6 Å². The molecule has 0 spiro atoms. The van der Waals surface area contributed by atoms with E-state index in [-0.39, 0.29) is 16.5 Å². The molecular weight excluding hydrogens is 246 g/mol. The number of carbonyl (C=O) groups excluding carboxylic acids is 2. The molecule has 17 heavy (non-hydrogen) atoms. The van der Waals surface area contributed by atoms with Gasteiger partial charge in [0.25, 0.3) is 0 Å². The van der Waals surface area contributed by atoms with Crippen LogP contribution in [0.1, 0.15) is 17.3 Å². The number of ether oxygens (including phenoxy) is 2. The fraction of sp³-hybridized carbons (Fsp3) is 0.273. The third-order valence-electron chi connectivity index (χ3n) is 2.06. The van der Waals surface area contributed by atoms with Crippen molar-refractivity contribution in [1.82, 2.24) is 0 Å². The van der Waals surface area contributed by atoms with E-state index < -0.39 is 12.1 Å². The van der Waals surface area contributed by atoms with Crippen molar-refractivity contribution < 1.29 is 19.1 Å². The van der Waals surface area contributed by atoms with Crippen LogP contribution in [0.15, 0.2) is 12.1 Å². The Morgan fingerprint density at radius 3 is 2.65 bits per heavy atom.